The molecule has 3 N–H and O–H groups in total. The molecule has 0 spiro atoms. The van der Waals surface area contributed by atoms with Crippen molar-refractivity contribution in [3.63, 3.8) is 0 Å². The van der Waals surface area contributed by atoms with Gasteiger partial charge in [0.25, 0.3) is 0 Å². The van der Waals surface area contributed by atoms with Crippen molar-refractivity contribution in [2.24, 2.45) is 0 Å². The number of hydrogen-bond acceptors (Lipinski definition) is 5. The van der Waals surface area contributed by atoms with Crippen LogP contribution in [0.4, 0.5) is 0 Å². The molecule has 0 aliphatic heterocycles. The zero-order valence-corrected chi connectivity index (χ0v) is 55.8. The minimum atomic E-state index is -0.668. The summed E-state index contributed by atoms with van der Waals surface area (Å²) in [6.07, 6.45) is 91.0. The Labute approximate surface area is 513 Å². The van der Waals surface area contributed by atoms with Gasteiger partial charge in [-0.2, -0.15) is 0 Å². The molecule has 0 aromatic rings. The summed E-state index contributed by atoms with van der Waals surface area (Å²) in [6, 6.07) is -0.545. The van der Waals surface area contributed by atoms with Crippen LogP contribution in [0.15, 0.2) is 24.3 Å². The Morgan fingerprint density at radius 2 is 0.610 bits per heavy atom. The average molecular weight is 1160 g/mol. The number of esters is 1. The molecule has 0 bridgehead atoms. The van der Waals surface area contributed by atoms with E-state index < -0.39 is 12.1 Å². The van der Waals surface area contributed by atoms with Crippen LogP contribution in [0, 0.1) is 0 Å². The highest BCUT2D eigenvalue weighted by Crippen LogP contribution is 2.19. The number of rotatable bonds is 71. The van der Waals surface area contributed by atoms with Crippen molar-refractivity contribution >= 4 is 11.9 Å². The van der Waals surface area contributed by atoms with E-state index in [9.17, 15) is 19.8 Å². The smallest absolute Gasteiger partial charge is 0.305 e. The van der Waals surface area contributed by atoms with Crippen LogP contribution in [0.3, 0.4) is 0 Å². The lowest BCUT2D eigenvalue weighted by Crippen LogP contribution is -2.45. The monoisotopic (exact) mass is 1150 g/mol. The SMILES string of the molecule is CCCCCCCCCCCCCCCCCCCCCCCCCC(O)C(CO)NC(=O)CCCCCCCCCCCCC/C=C\C/C=C\CCCCCCCCCCCOC(=O)CCCCCCCCCCCCCCCCC. The summed E-state index contributed by atoms with van der Waals surface area (Å²) in [7, 11) is 0. The third-order valence-corrected chi connectivity index (χ3v) is 17.8. The Morgan fingerprint density at radius 1 is 0.341 bits per heavy atom. The highest BCUT2D eigenvalue weighted by molar-refractivity contribution is 5.76. The molecule has 0 rings (SSSR count). The zero-order chi connectivity index (χ0) is 59.2. The van der Waals surface area contributed by atoms with Gasteiger partial charge in [0, 0.05) is 12.8 Å². The topological polar surface area (TPSA) is 95.9 Å². The summed E-state index contributed by atoms with van der Waals surface area (Å²) in [5.74, 6) is -0.0185. The quantitative estimate of drug-likeness (QED) is 0.0320. The number of nitrogens with one attached hydrogen (secondary N) is 1. The van der Waals surface area contributed by atoms with Crippen molar-refractivity contribution in [1.29, 1.82) is 0 Å². The summed E-state index contributed by atoms with van der Waals surface area (Å²) in [6.45, 7) is 5.00. The molecule has 0 saturated carbocycles. The third kappa shape index (κ3) is 67.5. The first kappa shape index (κ1) is 80.3. The second-order valence-corrected chi connectivity index (χ2v) is 26.0. The number of allylic oxidation sites excluding steroid dienone is 4. The maximum atomic E-state index is 12.6. The molecule has 0 radical (unpaired) electrons. The molecule has 2 unspecified atom stereocenters. The molecular weight excluding hydrogens is 1010 g/mol. The fourth-order valence-corrected chi connectivity index (χ4v) is 12.0. The number of ether oxygens (including phenoxy) is 1. The minimum absolute atomic E-state index is 0.0146. The van der Waals surface area contributed by atoms with Gasteiger partial charge in [-0.15, -0.1) is 0 Å². The van der Waals surface area contributed by atoms with Crippen LogP contribution in [0.1, 0.15) is 425 Å². The van der Waals surface area contributed by atoms with Crippen LogP contribution in [-0.4, -0.2) is 47.4 Å². The van der Waals surface area contributed by atoms with Crippen molar-refractivity contribution in [3.8, 4) is 0 Å². The first-order valence-electron chi connectivity index (χ1n) is 37.6. The number of unbranched alkanes of at least 4 members (excludes halogenated alkanes) is 56. The molecular formula is C76H147NO5. The molecule has 0 aromatic carbocycles. The van der Waals surface area contributed by atoms with Gasteiger partial charge in [-0.1, -0.05) is 378 Å². The molecule has 0 aliphatic carbocycles. The lowest BCUT2D eigenvalue weighted by Gasteiger charge is -2.22. The first-order valence-corrected chi connectivity index (χ1v) is 37.6. The van der Waals surface area contributed by atoms with Crippen molar-refractivity contribution in [2.75, 3.05) is 13.2 Å². The van der Waals surface area contributed by atoms with Crippen LogP contribution in [0.25, 0.3) is 0 Å². The summed E-state index contributed by atoms with van der Waals surface area (Å²) in [4.78, 5) is 24.6. The van der Waals surface area contributed by atoms with Gasteiger partial charge in [0.2, 0.25) is 5.91 Å². The Morgan fingerprint density at radius 3 is 0.927 bits per heavy atom. The third-order valence-electron chi connectivity index (χ3n) is 17.8. The number of hydrogen-bond donors (Lipinski definition) is 3. The van der Waals surface area contributed by atoms with Gasteiger partial charge in [0.05, 0.1) is 25.4 Å². The highest BCUT2D eigenvalue weighted by Gasteiger charge is 2.20. The van der Waals surface area contributed by atoms with Gasteiger partial charge in [0.15, 0.2) is 0 Å². The van der Waals surface area contributed by atoms with Gasteiger partial charge >= 0.3 is 5.97 Å². The predicted octanol–water partition coefficient (Wildman–Crippen LogP) is 24.5. The van der Waals surface area contributed by atoms with E-state index in [1.807, 2.05) is 0 Å². The Balaban J connectivity index is 3.41. The van der Waals surface area contributed by atoms with Crippen molar-refractivity contribution in [3.05, 3.63) is 24.3 Å². The van der Waals surface area contributed by atoms with Gasteiger partial charge in [0.1, 0.15) is 0 Å². The second kappa shape index (κ2) is 71.8. The Kier molecular flexibility index (Phi) is 70.4. The van der Waals surface area contributed by atoms with Crippen LogP contribution in [-0.2, 0) is 14.3 Å². The summed E-state index contributed by atoms with van der Waals surface area (Å²) in [5.41, 5.74) is 0. The average Bonchev–Trinajstić information content (AvgIpc) is 3.48. The van der Waals surface area contributed by atoms with E-state index in [4.69, 9.17) is 4.74 Å². The summed E-state index contributed by atoms with van der Waals surface area (Å²) < 4.78 is 5.50. The van der Waals surface area contributed by atoms with Gasteiger partial charge in [-0.3, -0.25) is 9.59 Å². The van der Waals surface area contributed by atoms with E-state index in [-0.39, 0.29) is 18.5 Å². The molecule has 6 nitrogen and oxygen atoms in total. The maximum absolute atomic E-state index is 12.6. The standard InChI is InChI=1S/C76H147NO5/c1-3-5-7-9-11-13-15-17-19-20-21-22-28-31-34-37-41-44-48-52-56-60-64-68-74(79)73(72-78)77-75(80)69-65-61-57-53-49-45-42-38-35-32-29-26-24-23-25-27-30-33-36-39-43-47-51-55-59-63-67-71-82-76(81)70-66-62-58-54-50-46-40-18-16-14-12-10-8-6-4-2/h23-24,27,30,73-74,78-79H,3-22,25-26,28-29,31-72H2,1-2H3,(H,77,80)/b24-23-,30-27-. The van der Waals surface area contributed by atoms with Gasteiger partial charge in [-0.05, 0) is 57.8 Å². The van der Waals surface area contributed by atoms with Gasteiger partial charge in [-0.25, -0.2) is 0 Å². The zero-order valence-electron chi connectivity index (χ0n) is 55.8. The number of carbonyl (C=O) groups is 2. The van der Waals surface area contributed by atoms with E-state index >= 15 is 0 Å². The molecule has 0 fully saturated rings. The minimum Gasteiger partial charge on any atom is -0.466 e. The lowest BCUT2D eigenvalue weighted by atomic mass is 10.0. The first-order chi connectivity index (χ1) is 40.5. The fraction of sp³-hybridized carbons (Fsp3) is 0.921. The van der Waals surface area contributed by atoms with E-state index in [1.54, 1.807) is 0 Å². The number of aliphatic hydroxyl groups is 2. The van der Waals surface area contributed by atoms with Gasteiger partial charge < -0.3 is 20.3 Å². The number of aliphatic hydroxyl groups excluding tert-OH is 2. The normalized spacial score (nSPS) is 12.6. The fourth-order valence-electron chi connectivity index (χ4n) is 12.0. The van der Waals surface area contributed by atoms with Crippen molar-refractivity contribution in [2.45, 2.75) is 437 Å². The van der Waals surface area contributed by atoms with Crippen LogP contribution < -0.4 is 5.32 Å². The van der Waals surface area contributed by atoms with Crippen molar-refractivity contribution < 1.29 is 24.5 Å². The Hall–Kier alpha value is -1.66. The Bertz CT molecular complexity index is 1280. The molecule has 0 aromatic heterocycles. The summed E-state index contributed by atoms with van der Waals surface area (Å²) in [5, 5.41) is 23.4. The lowest BCUT2D eigenvalue weighted by molar-refractivity contribution is -0.143. The largest absolute Gasteiger partial charge is 0.466 e. The predicted molar refractivity (Wildman–Crippen MR) is 361 cm³/mol. The maximum Gasteiger partial charge on any atom is 0.305 e. The number of amides is 1. The van der Waals surface area contributed by atoms with E-state index in [0.29, 0.717) is 25.9 Å². The van der Waals surface area contributed by atoms with Crippen molar-refractivity contribution in [1.82, 2.24) is 5.32 Å². The van der Waals surface area contributed by atoms with E-state index in [0.717, 1.165) is 44.9 Å². The van der Waals surface area contributed by atoms with Crippen LogP contribution in [0.2, 0.25) is 0 Å². The summed E-state index contributed by atoms with van der Waals surface area (Å²) >= 11 is 0. The number of carbonyl (C=O) groups excluding carboxylic acids is 2. The molecule has 0 heterocycles. The molecule has 486 valence electrons. The molecule has 0 saturated heterocycles. The van der Waals surface area contributed by atoms with E-state index in [2.05, 4.69) is 43.5 Å². The van der Waals surface area contributed by atoms with Crippen LogP contribution in [0.5, 0.6) is 0 Å². The molecule has 2 atom stereocenters. The second-order valence-electron chi connectivity index (χ2n) is 26.0. The molecule has 6 heteroatoms. The highest BCUT2D eigenvalue weighted by atomic mass is 16.5. The van der Waals surface area contributed by atoms with E-state index in [1.165, 1.54) is 347 Å². The molecule has 1 amide bonds. The van der Waals surface area contributed by atoms with Crippen LogP contribution >= 0.6 is 0 Å². The molecule has 82 heavy (non-hydrogen) atoms. The molecule has 0 aliphatic rings.